The average molecular weight is 184 g/mol. The second kappa shape index (κ2) is 4.04. The van der Waals surface area contributed by atoms with Crippen molar-refractivity contribution in [2.75, 3.05) is 0 Å². The molecule has 0 aliphatic rings. The Balaban J connectivity index is 2.44. The summed E-state index contributed by atoms with van der Waals surface area (Å²) in [6.07, 6.45) is 1.35. The van der Waals surface area contributed by atoms with Crippen molar-refractivity contribution in [1.82, 2.24) is 10.3 Å². The molecule has 1 aromatic rings. The monoisotopic (exact) mass is 184 g/mol. The van der Waals surface area contributed by atoms with Gasteiger partial charge in [0.15, 0.2) is 6.39 Å². The molecule has 0 saturated carbocycles. The van der Waals surface area contributed by atoms with Crippen LogP contribution in [-0.4, -0.2) is 22.1 Å². The third-order valence-corrected chi connectivity index (χ3v) is 1.79. The van der Waals surface area contributed by atoms with E-state index in [4.69, 9.17) is 9.52 Å². The second-order valence-corrected chi connectivity index (χ2v) is 2.80. The number of aliphatic carboxylic acids is 1. The van der Waals surface area contributed by atoms with Crippen LogP contribution in [0.5, 0.6) is 0 Å². The first-order valence-electron chi connectivity index (χ1n) is 3.96. The predicted octanol–water partition coefficient (Wildman–Crippen LogP) is 0.546. The number of carbonyl (C=O) groups is 1. The van der Waals surface area contributed by atoms with Gasteiger partial charge in [0.2, 0.25) is 0 Å². The Morgan fingerprint density at radius 3 is 3.00 bits per heavy atom. The van der Waals surface area contributed by atoms with E-state index in [2.05, 4.69) is 10.3 Å². The molecule has 0 bridgehead atoms. The molecule has 0 saturated heterocycles. The van der Waals surface area contributed by atoms with Crippen LogP contribution in [0.1, 0.15) is 18.4 Å². The summed E-state index contributed by atoms with van der Waals surface area (Å²) in [4.78, 5) is 14.4. The van der Waals surface area contributed by atoms with Gasteiger partial charge in [-0.1, -0.05) is 0 Å². The lowest BCUT2D eigenvalue weighted by molar-refractivity contribution is -0.139. The van der Waals surface area contributed by atoms with E-state index in [1.165, 1.54) is 6.39 Å². The van der Waals surface area contributed by atoms with Crippen molar-refractivity contribution in [2.24, 2.45) is 0 Å². The van der Waals surface area contributed by atoms with Gasteiger partial charge < -0.3 is 9.52 Å². The maximum Gasteiger partial charge on any atom is 0.320 e. The van der Waals surface area contributed by atoms with Gasteiger partial charge in [-0.05, 0) is 13.8 Å². The van der Waals surface area contributed by atoms with Crippen molar-refractivity contribution in [3.63, 3.8) is 0 Å². The fourth-order valence-electron chi connectivity index (χ4n) is 0.835. The molecule has 1 atom stereocenters. The van der Waals surface area contributed by atoms with Crippen LogP contribution in [0.2, 0.25) is 0 Å². The normalized spacial score (nSPS) is 12.8. The maximum atomic E-state index is 10.4. The molecule has 1 aromatic heterocycles. The molecular weight excluding hydrogens is 172 g/mol. The standard InChI is InChI=1S/C8H12N2O3/c1-5(8(11)12)9-3-7-6(2)13-4-10-7/h4-5,9H,3H2,1-2H3,(H,11,12). The molecule has 1 rings (SSSR count). The van der Waals surface area contributed by atoms with Gasteiger partial charge in [0.25, 0.3) is 0 Å². The number of aryl methyl sites for hydroxylation is 1. The third-order valence-electron chi connectivity index (χ3n) is 1.79. The third kappa shape index (κ3) is 2.55. The molecule has 1 unspecified atom stereocenters. The Morgan fingerprint density at radius 1 is 1.85 bits per heavy atom. The first-order valence-corrected chi connectivity index (χ1v) is 3.96. The summed E-state index contributed by atoms with van der Waals surface area (Å²) in [5, 5.41) is 11.4. The summed E-state index contributed by atoms with van der Waals surface area (Å²) >= 11 is 0. The molecule has 0 aromatic carbocycles. The smallest absolute Gasteiger partial charge is 0.320 e. The lowest BCUT2D eigenvalue weighted by Gasteiger charge is -2.06. The largest absolute Gasteiger partial charge is 0.480 e. The molecule has 5 heteroatoms. The van der Waals surface area contributed by atoms with Crippen LogP contribution >= 0.6 is 0 Å². The molecule has 0 amide bonds. The van der Waals surface area contributed by atoms with Gasteiger partial charge in [-0.25, -0.2) is 4.98 Å². The van der Waals surface area contributed by atoms with Crippen molar-refractivity contribution in [3.05, 3.63) is 17.8 Å². The number of aromatic nitrogens is 1. The number of nitrogens with one attached hydrogen (secondary N) is 1. The molecule has 13 heavy (non-hydrogen) atoms. The first-order chi connectivity index (χ1) is 6.11. The van der Waals surface area contributed by atoms with E-state index in [9.17, 15) is 4.79 Å². The minimum Gasteiger partial charge on any atom is -0.480 e. The van der Waals surface area contributed by atoms with Gasteiger partial charge in [-0.15, -0.1) is 0 Å². The quantitative estimate of drug-likeness (QED) is 0.714. The van der Waals surface area contributed by atoms with Crippen molar-refractivity contribution in [2.45, 2.75) is 26.4 Å². The molecule has 0 fully saturated rings. The molecule has 1 heterocycles. The number of hydrogen-bond donors (Lipinski definition) is 2. The number of nitrogens with zero attached hydrogens (tertiary/aromatic N) is 1. The summed E-state index contributed by atoms with van der Waals surface area (Å²) in [7, 11) is 0. The molecule has 72 valence electrons. The number of hydrogen-bond acceptors (Lipinski definition) is 4. The topological polar surface area (TPSA) is 75.4 Å². The van der Waals surface area contributed by atoms with Crippen LogP contribution < -0.4 is 5.32 Å². The average Bonchev–Trinajstić information content (AvgIpc) is 2.47. The van der Waals surface area contributed by atoms with Crippen molar-refractivity contribution in [3.8, 4) is 0 Å². The molecular formula is C8H12N2O3. The second-order valence-electron chi connectivity index (χ2n) is 2.80. The summed E-state index contributed by atoms with van der Waals surface area (Å²) in [6.45, 7) is 3.78. The molecule has 0 aliphatic heterocycles. The maximum absolute atomic E-state index is 10.4. The number of rotatable bonds is 4. The molecule has 0 aliphatic carbocycles. The lowest BCUT2D eigenvalue weighted by atomic mass is 10.3. The van der Waals surface area contributed by atoms with Crippen molar-refractivity contribution >= 4 is 5.97 Å². The van der Waals surface area contributed by atoms with E-state index in [-0.39, 0.29) is 0 Å². The van der Waals surface area contributed by atoms with Crippen LogP contribution in [-0.2, 0) is 11.3 Å². The highest BCUT2D eigenvalue weighted by Crippen LogP contribution is 2.03. The Kier molecular flexibility index (Phi) is 3.02. The predicted molar refractivity (Wildman–Crippen MR) is 45.2 cm³/mol. The van der Waals surface area contributed by atoms with E-state index in [0.717, 1.165) is 5.69 Å². The Hall–Kier alpha value is -1.36. The molecule has 0 spiro atoms. The summed E-state index contributed by atoms with van der Waals surface area (Å²) in [6, 6.07) is -0.573. The van der Waals surface area contributed by atoms with Crippen molar-refractivity contribution in [1.29, 1.82) is 0 Å². The van der Waals surface area contributed by atoms with Gasteiger partial charge in [0.05, 0.1) is 5.69 Å². The highest BCUT2D eigenvalue weighted by Gasteiger charge is 2.11. The first kappa shape index (κ1) is 9.73. The van der Waals surface area contributed by atoms with Crippen LogP contribution in [0.3, 0.4) is 0 Å². The highest BCUT2D eigenvalue weighted by molar-refractivity contribution is 5.72. The van der Waals surface area contributed by atoms with E-state index >= 15 is 0 Å². The summed E-state index contributed by atoms with van der Waals surface area (Å²) < 4.78 is 4.96. The van der Waals surface area contributed by atoms with Gasteiger partial charge in [-0.2, -0.15) is 0 Å². The number of oxazole rings is 1. The fraction of sp³-hybridized carbons (Fsp3) is 0.500. The van der Waals surface area contributed by atoms with E-state index < -0.39 is 12.0 Å². The number of carboxylic acid groups (broad SMARTS) is 1. The SMILES string of the molecule is Cc1ocnc1CNC(C)C(=O)O. The van der Waals surface area contributed by atoms with E-state index in [0.29, 0.717) is 12.3 Å². The Bertz CT molecular complexity index is 295. The zero-order chi connectivity index (χ0) is 9.84. The van der Waals surface area contributed by atoms with Crippen LogP contribution in [0.4, 0.5) is 0 Å². The summed E-state index contributed by atoms with van der Waals surface area (Å²) in [5.41, 5.74) is 0.744. The summed E-state index contributed by atoms with van der Waals surface area (Å²) in [5.74, 6) is -0.161. The zero-order valence-corrected chi connectivity index (χ0v) is 7.57. The van der Waals surface area contributed by atoms with Gasteiger partial charge in [0.1, 0.15) is 11.8 Å². The van der Waals surface area contributed by atoms with Gasteiger partial charge in [0, 0.05) is 6.54 Å². The van der Waals surface area contributed by atoms with Crippen molar-refractivity contribution < 1.29 is 14.3 Å². The fourth-order valence-corrected chi connectivity index (χ4v) is 0.835. The van der Waals surface area contributed by atoms with Crippen LogP contribution in [0, 0.1) is 6.92 Å². The van der Waals surface area contributed by atoms with Gasteiger partial charge >= 0.3 is 5.97 Å². The van der Waals surface area contributed by atoms with Crippen LogP contribution in [0.25, 0.3) is 0 Å². The Morgan fingerprint density at radius 2 is 2.54 bits per heavy atom. The highest BCUT2D eigenvalue weighted by atomic mass is 16.4. The van der Waals surface area contributed by atoms with Crippen LogP contribution in [0.15, 0.2) is 10.8 Å². The molecule has 2 N–H and O–H groups in total. The zero-order valence-electron chi connectivity index (χ0n) is 7.57. The molecule has 0 radical (unpaired) electrons. The number of carboxylic acids is 1. The van der Waals surface area contributed by atoms with E-state index in [1.54, 1.807) is 13.8 Å². The minimum atomic E-state index is -0.874. The Labute approximate surface area is 75.8 Å². The minimum absolute atomic E-state index is 0.413. The van der Waals surface area contributed by atoms with E-state index in [1.807, 2.05) is 0 Å². The van der Waals surface area contributed by atoms with Gasteiger partial charge in [-0.3, -0.25) is 10.1 Å². The molecule has 5 nitrogen and oxygen atoms in total. The lowest BCUT2D eigenvalue weighted by Crippen LogP contribution is -2.33.